The number of nitrogens with zero attached hydrogens (tertiary/aromatic N) is 3. The van der Waals surface area contributed by atoms with Crippen molar-refractivity contribution in [2.24, 2.45) is 20.4 Å². The zero-order valence-corrected chi connectivity index (χ0v) is 26.6. The third kappa shape index (κ3) is 4.94. The normalized spacial score (nSPS) is 19.5. The molecule has 44 heavy (non-hydrogen) atoms. The van der Waals surface area contributed by atoms with Gasteiger partial charge in [0.15, 0.2) is 0 Å². The van der Waals surface area contributed by atoms with Crippen molar-refractivity contribution < 1.29 is 22.2 Å². The molecule has 0 aliphatic carbocycles. The molecule has 0 aromatic heterocycles. The number of nitrogens with one attached hydrogen (secondary N) is 1. The largest absolute Gasteiger partial charge is 0.509 e. The van der Waals surface area contributed by atoms with Crippen molar-refractivity contribution in [1.82, 2.24) is 5.32 Å². The van der Waals surface area contributed by atoms with Gasteiger partial charge in [0, 0.05) is 33.9 Å². The predicted molar refractivity (Wildman–Crippen MR) is 178 cm³/mol. The predicted octanol–water partition coefficient (Wildman–Crippen LogP) is 8.25. The summed E-state index contributed by atoms with van der Waals surface area (Å²) in [5, 5.41) is 14.7. The van der Waals surface area contributed by atoms with Gasteiger partial charge in [0.2, 0.25) is 0 Å². The summed E-state index contributed by atoms with van der Waals surface area (Å²) in [6.45, 7) is 12.6. The Balaban J connectivity index is 0.00000343. The van der Waals surface area contributed by atoms with Gasteiger partial charge < -0.3 is 10.4 Å². The Morgan fingerprint density at radius 3 is 2.05 bits per heavy atom. The first-order valence-corrected chi connectivity index (χ1v) is 14.7. The summed E-state index contributed by atoms with van der Waals surface area (Å²) in [7, 11) is 0. The maximum Gasteiger partial charge on any atom is 0.127 e. The number of allylic oxidation sites excluding steroid dienone is 10. The fraction of sp³-hybridized carbons (Fsp3) is 0.184. The van der Waals surface area contributed by atoms with Crippen molar-refractivity contribution in [2.75, 3.05) is 0 Å². The number of aliphatic imine (C=N–C) groups is 3. The molecule has 7 rings (SSSR count). The minimum Gasteiger partial charge on any atom is -0.509 e. The Kier molecular flexibility index (Phi) is 7.31. The van der Waals surface area contributed by atoms with E-state index in [0.717, 1.165) is 62.2 Å². The zero-order chi connectivity index (χ0) is 30.0. The van der Waals surface area contributed by atoms with Crippen LogP contribution in [0.25, 0.3) is 11.1 Å². The van der Waals surface area contributed by atoms with Crippen LogP contribution < -0.4 is 5.32 Å². The first kappa shape index (κ1) is 29.6. The summed E-state index contributed by atoms with van der Waals surface area (Å²) in [6.07, 6.45) is 16.3. The Labute approximate surface area is 269 Å². The Morgan fingerprint density at radius 2 is 1.32 bits per heavy atom. The molecule has 0 atom stereocenters. The molecule has 8 bridgehead atoms. The average Bonchev–Trinajstić information content (AvgIpc) is 3.75. The van der Waals surface area contributed by atoms with E-state index in [1.165, 1.54) is 22.3 Å². The van der Waals surface area contributed by atoms with E-state index >= 15 is 0 Å². The molecule has 5 aliphatic heterocycles. The van der Waals surface area contributed by atoms with Gasteiger partial charge in [-0.1, -0.05) is 47.5 Å². The van der Waals surface area contributed by atoms with Crippen molar-refractivity contribution in [3.8, 4) is 0 Å². The molecule has 5 aliphatic rings. The topological polar surface area (TPSA) is 69.3 Å². The van der Waals surface area contributed by atoms with Crippen LogP contribution in [0.5, 0.6) is 0 Å². The third-order valence-electron chi connectivity index (χ3n) is 8.63. The molecular formula is C38H34CuN4O. The maximum absolute atomic E-state index is 11.3. The standard InChI is InChI=1S/C38H34N4O.Cu/c1-21-7-9-25(10-8-21)35-28-13-12-27(40-28)20-33-38(5,6)37(43)32(42-33)19-26-11-14-30(39-26)36(31-16-15-29(35)41-31)34-23(3)17-22(2)18-24(34)4;/h7-20,42-43H,1-6H3;. The first-order chi connectivity index (χ1) is 20.6. The van der Waals surface area contributed by atoms with Crippen LogP contribution in [0.15, 0.2) is 134 Å². The summed E-state index contributed by atoms with van der Waals surface area (Å²) < 4.78 is 0. The van der Waals surface area contributed by atoms with Crippen LogP contribution in [0.2, 0.25) is 0 Å². The van der Waals surface area contributed by atoms with E-state index in [1.54, 1.807) is 0 Å². The Bertz CT molecular complexity index is 1960. The van der Waals surface area contributed by atoms with E-state index in [0.29, 0.717) is 5.70 Å². The van der Waals surface area contributed by atoms with E-state index in [2.05, 4.69) is 93.7 Å². The zero-order valence-electron chi connectivity index (χ0n) is 25.7. The fourth-order valence-electron chi connectivity index (χ4n) is 6.39. The number of benzene rings is 2. The molecule has 5 heterocycles. The number of aliphatic hydroxyl groups excluding tert-OH is 1. The summed E-state index contributed by atoms with van der Waals surface area (Å²) in [5.74, 6) is 0.280. The van der Waals surface area contributed by atoms with E-state index in [9.17, 15) is 5.11 Å². The number of hydrogen-bond donors (Lipinski definition) is 2. The molecule has 0 unspecified atom stereocenters. The molecule has 0 saturated heterocycles. The molecule has 2 aromatic carbocycles. The van der Waals surface area contributed by atoms with Crippen molar-refractivity contribution in [2.45, 2.75) is 41.5 Å². The SMILES string of the molecule is Cc1ccc(C2=C3C=CC(=N3)C=C3NC(=C(O)C3(C)C)C=C3C=CC(=N3)C(c3c(C)cc(C)cc3C)=C3C=CC2=N3)cc1.[Cu]. The second-order valence-corrected chi connectivity index (χ2v) is 12.3. The monoisotopic (exact) mass is 625 g/mol. The minimum atomic E-state index is -0.604. The summed E-state index contributed by atoms with van der Waals surface area (Å²) in [5.41, 5.74) is 14.9. The quantitative estimate of drug-likeness (QED) is 0.330. The van der Waals surface area contributed by atoms with Crippen molar-refractivity contribution in [1.29, 1.82) is 0 Å². The Hall–Kier alpha value is -4.51. The van der Waals surface area contributed by atoms with Crippen molar-refractivity contribution in [3.05, 3.63) is 153 Å². The van der Waals surface area contributed by atoms with Gasteiger partial charge in [-0.15, -0.1) is 0 Å². The molecule has 1 radical (unpaired) electrons. The molecule has 5 nitrogen and oxygen atoms in total. The summed E-state index contributed by atoms with van der Waals surface area (Å²) in [4.78, 5) is 15.4. The van der Waals surface area contributed by atoms with Crippen LogP contribution in [-0.2, 0) is 17.1 Å². The molecule has 0 saturated carbocycles. The summed E-state index contributed by atoms with van der Waals surface area (Å²) >= 11 is 0. The number of hydrogen-bond acceptors (Lipinski definition) is 5. The van der Waals surface area contributed by atoms with E-state index in [4.69, 9.17) is 15.0 Å². The maximum atomic E-state index is 11.3. The fourth-order valence-corrected chi connectivity index (χ4v) is 6.39. The van der Waals surface area contributed by atoms with E-state index < -0.39 is 5.41 Å². The van der Waals surface area contributed by atoms with Gasteiger partial charge in [-0.3, -0.25) is 0 Å². The van der Waals surface area contributed by atoms with Crippen LogP contribution in [0.3, 0.4) is 0 Å². The van der Waals surface area contributed by atoms with Gasteiger partial charge in [-0.25, -0.2) is 15.0 Å². The van der Waals surface area contributed by atoms with Gasteiger partial charge in [0.05, 0.1) is 45.3 Å². The molecule has 6 heteroatoms. The van der Waals surface area contributed by atoms with Crippen LogP contribution in [0.1, 0.15) is 47.2 Å². The number of aliphatic hydroxyl groups is 1. The number of aryl methyl sites for hydroxylation is 4. The second-order valence-electron chi connectivity index (χ2n) is 12.3. The molecule has 223 valence electrons. The molecule has 0 fully saturated rings. The van der Waals surface area contributed by atoms with E-state index in [1.807, 2.05) is 38.2 Å². The molecule has 2 N–H and O–H groups in total. The molecular weight excluding hydrogens is 592 g/mol. The van der Waals surface area contributed by atoms with E-state index in [-0.39, 0.29) is 22.8 Å². The van der Waals surface area contributed by atoms with Crippen molar-refractivity contribution in [3.63, 3.8) is 0 Å². The van der Waals surface area contributed by atoms with Crippen molar-refractivity contribution >= 4 is 28.3 Å². The minimum absolute atomic E-state index is 0. The van der Waals surface area contributed by atoms with Gasteiger partial charge in [-0.05, 0) is 112 Å². The first-order valence-electron chi connectivity index (χ1n) is 14.7. The molecule has 0 amide bonds. The molecule has 0 spiro atoms. The number of fused-ring (bicyclic) bond motifs is 5. The van der Waals surface area contributed by atoms with Gasteiger partial charge in [-0.2, -0.15) is 0 Å². The summed E-state index contributed by atoms with van der Waals surface area (Å²) in [6, 6.07) is 13.0. The van der Waals surface area contributed by atoms with Gasteiger partial charge in [0.1, 0.15) is 5.76 Å². The van der Waals surface area contributed by atoms with Crippen LogP contribution in [0.4, 0.5) is 0 Å². The smallest absolute Gasteiger partial charge is 0.127 e. The molecule has 2 aromatic rings. The Morgan fingerprint density at radius 1 is 0.682 bits per heavy atom. The second kappa shape index (κ2) is 10.9. The van der Waals surface area contributed by atoms with Gasteiger partial charge >= 0.3 is 0 Å². The van der Waals surface area contributed by atoms with Crippen LogP contribution >= 0.6 is 0 Å². The van der Waals surface area contributed by atoms with Crippen LogP contribution in [0, 0.1) is 33.1 Å². The third-order valence-corrected chi connectivity index (χ3v) is 8.63. The average molecular weight is 626 g/mol. The number of rotatable bonds is 2. The van der Waals surface area contributed by atoms with Gasteiger partial charge in [0.25, 0.3) is 0 Å². The van der Waals surface area contributed by atoms with Crippen LogP contribution in [-0.4, -0.2) is 22.2 Å².